The summed E-state index contributed by atoms with van der Waals surface area (Å²) >= 11 is 0. The molecule has 1 aliphatic heterocycles. The van der Waals surface area contributed by atoms with Gasteiger partial charge in [-0.1, -0.05) is 104 Å². The van der Waals surface area contributed by atoms with Crippen molar-refractivity contribution >= 4 is 11.9 Å². The third kappa shape index (κ3) is 9.61. The zero-order valence-corrected chi connectivity index (χ0v) is 19.4. The molecule has 1 N–H and O–H groups in total. The molecule has 1 heterocycles. The van der Waals surface area contributed by atoms with Crippen LogP contribution in [0.3, 0.4) is 0 Å². The minimum Gasteiger partial charge on any atom is -0.616 e. The van der Waals surface area contributed by atoms with E-state index in [1.54, 1.807) is 0 Å². The molecule has 0 radical (unpaired) electrons. The van der Waals surface area contributed by atoms with Gasteiger partial charge in [0, 0.05) is 6.42 Å². The second kappa shape index (κ2) is 14.1. The van der Waals surface area contributed by atoms with Crippen LogP contribution in [0, 0.1) is 5.21 Å². The van der Waals surface area contributed by atoms with Crippen LogP contribution in [-0.2, 0) is 0 Å². The molecule has 170 valence electrons. The van der Waals surface area contributed by atoms with Crippen molar-refractivity contribution in [2.75, 3.05) is 6.54 Å². The lowest BCUT2D eigenvalue weighted by molar-refractivity contribution is -0.709. The van der Waals surface area contributed by atoms with E-state index in [9.17, 15) is 15.1 Å². The maximum atomic E-state index is 12.7. The van der Waals surface area contributed by atoms with E-state index >= 15 is 0 Å². The molecule has 2 atom stereocenters. The van der Waals surface area contributed by atoms with Gasteiger partial charge in [-0.05, 0) is 19.8 Å². The molecule has 0 aromatic rings. The Balaban J connectivity index is 2.03. The highest BCUT2D eigenvalue weighted by atomic mass is 16.6. The lowest BCUT2D eigenvalue weighted by Crippen LogP contribution is -2.51. The van der Waals surface area contributed by atoms with Crippen LogP contribution in [0.1, 0.15) is 130 Å². The molecule has 0 aliphatic carbocycles. The number of aliphatic imine (C=N–C) groups is 1. The smallest absolute Gasteiger partial charge is 0.519 e. The number of unbranched alkanes of at least 4 members (excludes halogenated alkanes) is 14. The zero-order valence-electron chi connectivity index (χ0n) is 19.4. The van der Waals surface area contributed by atoms with Gasteiger partial charge < -0.3 is 10.3 Å². The number of amides is 1. The van der Waals surface area contributed by atoms with Crippen LogP contribution in [-0.4, -0.2) is 33.8 Å². The van der Waals surface area contributed by atoms with Crippen molar-refractivity contribution in [3.63, 3.8) is 0 Å². The quantitative estimate of drug-likeness (QED) is 0.151. The number of nitrogens with zero attached hydrogens (tertiary/aromatic N) is 2. The normalized spacial score (nSPS) is 24.1. The summed E-state index contributed by atoms with van der Waals surface area (Å²) in [6.45, 7) is 6.15. The fraction of sp³-hybridized carbons (Fsp3) is 0.917. The van der Waals surface area contributed by atoms with Crippen LogP contribution < -0.4 is 0 Å². The molecule has 5 nitrogen and oxygen atoms in total. The Hall–Kier alpha value is -0.940. The molecule has 0 aromatic carbocycles. The average Bonchev–Trinajstić information content (AvgIpc) is 2.97. The molecule has 0 saturated heterocycles. The fourth-order valence-electron chi connectivity index (χ4n) is 4.26. The molecule has 0 bridgehead atoms. The second-order valence-corrected chi connectivity index (χ2v) is 9.26. The van der Waals surface area contributed by atoms with Crippen molar-refractivity contribution in [1.82, 2.24) is 0 Å². The number of carboxylic acid groups (broad SMARTS) is 1. The van der Waals surface area contributed by atoms with E-state index < -0.39 is 16.3 Å². The number of rotatable bonds is 17. The average molecular weight is 411 g/mol. The Bertz CT molecular complexity index is 495. The maximum Gasteiger partial charge on any atom is 0.519 e. The van der Waals surface area contributed by atoms with Crippen LogP contribution >= 0.6 is 0 Å². The topological polar surface area (TPSA) is 72.7 Å². The Morgan fingerprint density at radius 2 is 1.31 bits per heavy atom. The first-order valence-corrected chi connectivity index (χ1v) is 12.3. The van der Waals surface area contributed by atoms with Gasteiger partial charge in [0.05, 0.1) is 0 Å². The Kier molecular flexibility index (Phi) is 12.7. The highest BCUT2D eigenvalue weighted by Crippen LogP contribution is 2.31. The first-order valence-electron chi connectivity index (χ1n) is 12.3. The molecule has 0 aromatic heterocycles. The fourth-order valence-corrected chi connectivity index (χ4v) is 4.26. The zero-order chi connectivity index (χ0) is 21.6. The summed E-state index contributed by atoms with van der Waals surface area (Å²) < 4.78 is -1.26. The van der Waals surface area contributed by atoms with Crippen LogP contribution in [0.2, 0.25) is 0 Å². The highest BCUT2D eigenvalue weighted by molar-refractivity contribution is 5.86. The number of hydrogen-bond acceptors (Lipinski definition) is 3. The van der Waals surface area contributed by atoms with Gasteiger partial charge in [0.1, 0.15) is 12.1 Å². The van der Waals surface area contributed by atoms with Gasteiger partial charge in [0.25, 0.3) is 0 Å². The summed E-state index contributed by atoms with van der Waals surface area (Å²) in [7, 11) is 0. The van der Waals surface area contributed by atoms with Crippen molar-refractivity contribution in [3.8, 4) is 0 Å². The van der Waals surface area contributed by atoms with Crippen molar-refractivity contribution in [2.24, 2.45) is 4.99 Å². The molecule has 29 heavy (non-hydrogen) atoms. The van der Waals surface area contributed by atoms with Gasteiger partial charge in [-0.15, -0.1) is 0 Å². The standard InChI is InChI=1S/C24H46N2O3/c1-4-6-7-8-9-10-11-12-13-14-15-16-17-18-19-20-22-25-24(3,5-2)21-26(22,29)23(27)28/h4-21H2,1-3H3,(H,27,28). The molecule has 2 unspecified atom stereocenters. The molecule has 0 spiro atoms. The first-order chi connectivity index (χ1) is 13.9. The molecule has 1 aliphatic rings. The Morgan fingerprint density at radius 3 is 1.69 bits per heavy atom. The molecule has 1 amide bonds. The predicted molar refractivity (Wildman–Crippen MR) is 122 cm³/mol. The first kappa shape index (κ1) is 26.1. The Labute approximate surface area is 179 Å². The summed E-state index contributed by atoms with van der Waals surface area (Å²) in [5.41, 5.74) is -0.523. The van der Waals surface area contributed by atoms with Gasteiger partial charge in [-0.25, -0.2) is 9.64 Å². The lowest BCUT2D eigenvalue weighted by Gasteiger charge is -2.33. The molecular formula is C24H46N2O3. The SMILES string of the molecule is CCCCCCCCCCCCCCCCCC1=NC(C)(CC)C[N+]1([O-])C(=O)O. The van der Waals surface area contributed by atoms with Crippen molar-refractivity contribution in [2.45, 2.75) is 135 Å². The van der Waals surface area contributed by atoms with Crippen molar-refractivity contribution in [1.29, 1.82) is 0 Å². The van der Waals surface area contributed by atoms with E-state index in [0.717, 1.165) is 12.8 Å². The van der Waals surface area contributed by atoms with E-state index in [4.69, 9.17) is 0 Å². The van der Waals surface area contributed by atoms with E-state index in [2.05, 4.69) is 11.9 Å². The highest BCUT2D eigenvalue weighted by Gasteiger charge is 2.47. The third-order valence-electron chi connectivity index (χ3n) is 6.45. The van der Waals surface area contributed by atoms with E-state index in [1.807, 2.05) is 13.8 Å². The van der Waals surface area contributed by atoms with E-state index in [-0.39, 0.29) is 6.54 Å². The minimum atomic E-state index is -1.32. The number of quaternary nitrogens is 1. The number of hydroxylamine groups is 3. The van der Waals surface area contributed by atoms with Crippen LogP contribution in [0.25, 0.3) is 0 Å². The monoisotopic (exact) mass is 410 g/mol. The van der Waals surface area contributed by atoms with E-state index in [1.165, 1.54) is 83.5 Å². The minimum absolute atomic E-state index is 0.0346. The summed E-state index contributed by atoms with van der Waals surface area (Å²) in [5.74, 6) is 0.316. The van der Waals surface area contributed by atoms with Crippen LogP contribution in [0.5, 0.6) is 0 Å². The number of carbonyl (C=O) groups is 1. The maximum absolute atomic E-state index is 12.7. The summed E-state index contributed by atoms with van der Waals surface area (Å²) in [6, 6.07) is 0. The van der Waals surface area contributed by atoms with Gasteiger partial charge in [0.2, 0.25) is 5.84 Å². The molecule has 0 fully saturated rings. The van der Waals surface area contributed by atoms with Gasteiger partial charge in [0.15, 0.2) is 0 Å². The number of hydrogen-bond donors (Lipinski definition) is 1. The van der Waals surface area contributed by atoms with Crippen LogP contribution in [0.15, 0.2) is 4.99 Å². The number of amidine groups is 1. The van der Waals surface area contributed by atoms with Gasteiger partial charge in [-0.3, -0.25) is 0 Å². The molecular weight excluding hydrogens is 364 g/mol. The summed E-state index contributed by atoms with van der Waals surface area (Å²) in [4.78, 5) is 16.0. The molecule has 1 rings (SSSR count). The predicted octanol–water partition coefficient (Wildman–Crippen LogP) is 7.82. The van der Waals surface area contributed by atoms with Gasteiger partial charge >= 0.3 is 6.09 Å². The van der Waals surface area contributed by atoms with E-state index in [0.29, 0.717) is 18.7 Å². The second-order valence-electron chi connectivity index (χ2n) is 9.26. The van der Waals surface area contributed by atoms with Gasteiger partial charge in [-0.2, -0.15) is 4.79 Å². The van der Waals surface area contributed by atoms with Crippen LogP contribution in [0.4, 0.5) is 4.79 Å². The molecule has 0 saturated carbocycles. The molecule has 5 heteroatoms. The Morgan fingerprint density at radius 1 is 0.897 bits per heavy atom. The summed E-state index contributed by atoms with van der Waals surface area (Å²) in [6.07, 6.45) is 19.3. The van der Waals surface area contributed by atoms with Crippen molar-refractivity contribution in [3.05, 3.63) is 5.21 Å². The third-order valence-corrected chi connectivity index (χ3v) is 6.45. The summed E-state index contributed by atoms with van der Waals surface area (Å²) in [5, 5.41) is 22.1. The largest absolute Gasteiger partial charge is 0.616 e. The lowest BCUT2D eigenvalue weighted by atomic mass is 10.0. The van der Waals surface area contributed by atoms with Crippen molar-refractivity contribution < 1.29 is 14.5 Å².